The van der Waals surface area contributed by atoms with Crippen LogP contribution < -0.4 is 25.2 Å². The maximum Gasteiger partial charge on any atom is 0.276 e. The maximum atomic E-state index is 13.4. The molecule has 3 N–H and O–H groups in total. The summed E-state index contributed by atoms with van der Waals surface area (Å²) in [5.74, 6) is -0.220. The summed E-state index contributed by atoms with van der Waals surface area (Å²) in [5, 5.41) is 8.50. The quantitative estimate of drug-likeness (QED) is 0.437. The Hall–Kier alpha value is -3.86. The zero-order chi connectivity index (χ0) is 24.0. The van der Waals surface area contributed by atoms with Crippen LogP contribution in [0.2, 0.25) is 0 Å². The number of nitrogens with zero attached hydrogens (tertiary/aromatic N) is 2. The van der Waals surface area contributed by atoms with Crippen molar-refractivity contribution in [3.63, 3.8) is 0 Å². The molecule has 11 heteroatoms. The van der Waals surface area contributed by atoms with E-state index in [4.69, 9.17) is 4.74 Å². The van der Waals surface area contributed by atoms with Crippen LogP contribution in [0.1, 0.15) is 24.3 Å². The number of carbonyl (C=O) groups is 1. The SMILES string of the molecule is CCN(CC)c1ccc(NC(=O)c2ccc(=O)[nH]n2)cc1S(=O)(=O)Nc1ccccc1OC. The summed E-state index contributed by atoms with van der Waals surface area (Å²) in [5.41, 5.74) is 0.578. The number of nitrogens with one attached hydrogen (secondary N) is 3. The molecule has 1 aromatic heterocycles. The largest absolute Gasteiger partial charge is 0.495 e. The molecule has 0 fully saturated rings. The first-order chi connectivity index (χ1) is 15.8. The molecule has 0 unspecified atom stereocenters. The highest BCUT2D eigenvalue weighted by Crippen LogP contribution is 2.32. The number of sulfonamides is 1. The monoisotopic (exact) mass is 471 g/mol. The Morgan fingerprint density at radius 3 is 2.45 bits per heavy atom. The molecule has 0 aliphatic heterocycles. The van der Waals surface area contributed by atoms with Gasteiger partial charge in [-0.1, -0.05) is 12.1 Å². The lowest BCUT2D eigenvalue weighted by atomic mass is 10.2. The van der Waals surface area contributed by atoms with Crippen molar-refractivity contribution in [2.75, 3.05) is 35.1 Å². The van der Waals surface area contributed by atoms with E-state index in [9.17, 15) is 18.0 Å². The second-order valence-corrected chi connectivity index (χ2v) is 8.57. The van der Waals surface area contributed by atoms with Crippen molar-refractivity contribution in [3.05, 3.63) is 70.6 Å². The number of aromatic amines is 1. The molecule has 0 radical (unpaired) electrons. The van der Waals surface area contributed by atoms with Crippen molar-refractivity contribution in [1.29, 1.82) is 0 Å². The molecule has 0 saturated carbocycles. The summed E-state index contributed by atoms with van der Waals surface area (Å²) in [6.45, 7) is 5.01. The fraction of sp³-hybridized carbons (Fsp3) is 0.227. The lowest BCUT2D eigenvalue weighted by Gasteiger charge is -2.25. The van der Waals surface area contributed by atoms with E-state index in [0.717, 1.165) is 0 Å². The Kier molecular flexibility index (Phi) is 7.34. The van der Waals surface area contributed by atoms with E-state index in [1.54, 1.807) is 36.4 Å². The first kappa shape index (κ1) is 23.8. The molecule has 0 spiro atoms. The molecule has 174 valence electrons. The third-order valence-corrected chi connectivity index (χ3v) is 6.27. The Bertz CT molecular complexity index is 1280. The predicted molar refractivity (Wildman–Crippen MR) is 127 cm³/mol. The fourth-order valence-corrected chi connectivity index (χ4v) is 4.55. The number of rotatable bonds is 9. The number of benzene rings is 2. The number of ether oxygens (including phenoxy) is 1. The Morgan fingerprint density at radius 2 is 1.82 bits per heavy atom. The van der Waals surface area contributed by atoms with Crippen molar-refractivity contribution < 1.29 is 17.9 Å². The van der Waals surface area contributed by atoms with E-state index in [2.05, 4.69) is 20.2 Å². The van der Waals surface area contributed by atoms with Crippen molar-refractivity contribution in [3.8, 4) is 5.75 Å². The third kappa shape index (κ3) is 5.50. The number of aromatic nitrogens is 2. The van der Waals surface area contributed by atoms with E-state index in [1.165, 1.54) is 25.3 Å². The number of anilines is 3. The van der Waals surface area contributed by atoms with Crippen LogP contribution in [0, 0.1) is 0 Å². The number of carbonyl (C=O) groups excluding carboxylic acids is 1. The second-order valence-electron chi connectivity index (χ2n) is 6.92. The summed E-state index contributed by atoms with van der Waals surface area (Å²) in [7, 11) is -2.60. The van der Waals surface area contributed by atoms with Gasteiger partial charge in [0.15, 0.2) is 0 Å². The van der Waals surface area contributed by atoms with Gasteiger partial charge < -0.3 is 15.0 Å². The van der Waals surface area contributed by atoms with Gasteiger partial charge in [0.25, 0.3) is 21.5 Å². The smallest absolute Gasteiger partial charge is 0.276 e. The Labute approximate surface area is 191 Å². The molecule has 0 aliphatic rings. The lowest BCUT2D eigenvalue weighted by molar-refractivity contribution is 0.102. The van der Waals surface area contributed by atoms with Gasteiger partial charge in [0.05, 0.1) is 18.5 Å². The summed E-state index contributed by atoms with van der Waals surface area (Å²) in [4.78, 5) is 25.6. The van der Waals surface area contributed by atoms with E-state index < -0.39 is 21.5 Å². The fourth-order valence-electron chi connectivity index (χ4n) is 3.23. The highest BCUT2D eigenvalue weighted by Gasteiger charge is 2.24. The molecule has 3 rings (SSSR count). The summed E-state index contributed by atoms with van der Waals surface area (Å²) >= 11 is 0. The summed E-state index contributed by atoms with van der Waals surface area (Å²) in [6, 6.07) is 13.8. The van der Waals surface area contributed by atoms with Gasteiger partial charge in [-0.15, -0.1) is 0 Å². The molecule has 1 amide bonds. The zero-order valence-electron chi connectivity index (χ0n) is 18.5. The van der Waals surface area contributed by atoms with Crippen LogP contribution in [0.4, 0.5) is 17.1 Å². The number of hydrogen-bond acceptors (Lipinski definition) is 7. The van der Waals surface area contributed by atoms with E-state index in [0.29, 0.717) is 24.5 Å². The molecule has 33 heavy (non-hydrogen) atoms. The van der Waals surface area contributed by atoms with Crippen LogP contribution in [-0.2, 0) is 10.0 Å². The average molecular weight is 472 g/mol. The number of para-hydroxylation sites is 2. The zero-order valence-corrected chi connectivity index (χ0v) is 19.3. The van der Waals surface area contributed by atoms with Crippen molar-refractivity contribution in [2.45, 2.75) is 18.7 Å². The van der Waals surface area contributed by atoms with Gasteiger partial charge >= 0.3 is 0 Å². The predicted octanol–water partition coefficient (Wildman–Crippen LogP) is 2.68. The van der Waals surface area contributed by atoms with Crippen LogP contribution in [-0.4, -0.2) is 44.7 Å². The second kappa shape index (κ2) is 10.2. The first-order valence-corrected chi connectivity index (χ1v) is 11.7. The Balaban J connectivity index is 2.02. The van der Waals surface area contributed by atoms with Crippen molar-refractivity contribution >= 4 is 33.0 Å². The number of H-pyrrole nitrogens is 1. The van der Waals surface area contributed by atoms with Gasteiger partial charge in [-0.2, -0.15) is 5.10 Å². The maximum absolute atomic E-state index is 13.4. The number of hydrogen-bond donors (Lipinski definition) is 3. The van der Waals surface area contributed by atoms with Gasteiger partial charge in [0, 0.05) is 24.8 Å². The van der Waals surface area contributed by atoms with Crippen LogP contribution >= 0.6 is 0 Å². The van der Waals surface area contributed by atoms with Gasteiger partial charge in [-0.3, -0.25) is 14.3 Å². The topological polar surface area (TPSA) is 133 Å². The van der Waals surface area contributed by atoms with Gasteiger partial charge in [-0.25, -0.2) is 13.5 Å². The van der Waals surface area contributed by atoms with Crippen LogP contribution in [0.5, 0.6) is 5.75 Å². The minimum atomic E-state index is -4.06. The third-order valence-electron chi connectivity index (χ3n) is 4.87. The highest BCUT2D eigenvalue weighted by molar-refractivity contribution is 7.93. The number of methoxy groups -OCH3 is 1. The molecule has 2 aromatic carbocycles. The van der Waals surface area contributed by atoms with E-state index >= 15 is 0 Å². The van der Waals surface area contributed by atoms with E-state index in [1.807, 2.05) is 18.7 Å². The van der Waals surface area contributed by atoms with Gasteiger partial charge in [0.1, 0.15) is 16.3 Å². The standard InChI is InChI=1S/C22H25N5O5S/c1-4-27(5-2)18-12-10-15(23-22(29)17-11-13-21(28)25-24-17)14-20(18)33(30,31)26-16-8-6-7-9-19(16)32-3/h6-14,26H,4-5H2,1-3H3,(H,23,29)(H,25,28). The molecule has 10 nitrogen and oxygen atoms in total. The normalized spacial score (nSPS) is 11.0. The molecule has 3 aromatic rings. The average Bonchev–Trinajstić information content (AvgIpc) is 2.81. The Morgan fingerprint density at radius 1 is 1.09 bits per heavy atom. The molecular weight excluding hydrogens is 446 g/mol. The van der Waals surface area contributed by atoms with E-state index in [-0.39, 0.29) is 22.0 Å². The van der Waals surface area contributed by atoms with Crippen LogP contribution in [0.15, 0.2) is 64.3 Å². The van der Waals surface area contributed by atoms with Crippen molar-refractivity contribution in [1.82, 2.24) is 10.2 Å². The number of amides is 1. The van der Waals surface area contributed by atoms with Crippen LogP contribution in [0.25, 0.3) is 0 Å². The molecule has 0 bridgehead atoms. The van der Waals surface area contributed by atoms with Crippen molar-refractivity contribution in [2.24, 2.45) is 0 Å². The summed E-state index contributed by atoms with van der Waals surface area (Å²) < 4.78 is 34.7. The molecule has 0 aliphatic carbocycles. The molecular formula is C22H25N5O5S. The highest BCUT2D eigenvalue weighted by atomic mass is 32.2. The first-order valence-electron chi connectivity index (χ1n) is 10.2. The minimum Gasteiger partial charge on any atom is -0.495 e. The minimum absolute atomic E-state index is 0.00988. The van der Waals surface area contributed by atoms with Gasteiger partial charge in [0.2, 0.25) is 0 Å². The summed E-state index contributed by atoms with van der Waals surface area (Å²) in [6.07, 6.45) is 0. The van der Waals surface area contributed by atoms with Gasteiger partial charge in [-0.05, 0) is 50.2 Å². The molecule has 1 heterocycles. The van der Waals surface area contributed by atoms with Crippen LogP contribution in [0.3, 0.4) is 0 Å². The molecule has 0 atom stereocenters. The molecule has 0 saturated heterocycles. The lowest BCUT2D eigenvalue weighted by Crippen LogP contribution is -2.26.